The number of hydrogen-bond donors (Lipinski definition) is 0. The van der Waals surface area contributed by atoms with Crippen molar-refractivity contribution in [3.63, 3.8) is 0 Å². The van der Waals surface area contributed by atoms with Gasteiger partial charge in [-0.3, -0.25) is 4.98 Å². The maximum atomic E-state index is 4.63. The summed E-state index contributed by atoms with van der Waals surface area (Å²) in [7, 11) is 0. The first kappa shape index (κ1) is 13.7. The van der Waals surface area contributed by atoms with Crippen LogP contribution in [-0.2, 0) is 0 Å². The second kappa shape index (κ2) is 6.01. The van der Waals surface area contributed by atoms with Crippen molar-refractivity contribution in [1.82, 2.24) is 20.2 Å². The van der Waals surface area contributed by atoms with Crippen LogP contribution in [0.5, 0.6) is 0 Å². The summed E-state index contributed by atoms with van der Waals surface area (Å²) < 4.78 is 0. The van der Waals surface area contributed by atoms with Crippen molar-refractivity contribution in [3.05, 3.63) is 54.4 Å². The molecule has 0 amide bonds. The Morgan fingerprint density at radius 2 is 1.71 bits per heavy atom. The zero-order chi connectivity index (χ0) is 14.7. The van der Waals surface area contributed by atoms with E-state index in [2.05, 4.69) is 51.4 Å². The molecule has 21 heavy (non-hydrogen) atoms. The number of rotatable bonds is 3. The lowest BCUT2D eigenvalue weighted by Crippen LogP contribution is -1.99. The number of aryl methyl sites for hydroxylation is 1. The van der Waals surface area contributed by atoms with Crippen molar-refractivity contribution in [1.29, 1.82) is 0 Å². The molecule has 0 saturated carbocycles. The van der Waals surface area contributed by atoms with Gasteiger partial charge in [0.25, 0.3) is 0 Å². The second-order valence-corrected chi connectivity index (χ2v) is 5.38. The van der Waals surface area contributed by atoms with Gasteiger partial charge in [0.15, 0.2) is 0 Å². The Morgan fingerprint density at radius 3 is 2.38 bits per heavy atom. The van der Waals surface area contributed by atoms with Gasteiger partial charge < -0.3 is 0 Å². The molecule has 0 N–H and O–H groups in total. The summed E-state index contributed by atoms with van der Waals surface area (Å²) in [4.78, 5) is 8.78. The zero-order valence-electron chi connectivity index (χ0n) is 11.8. The molecular formula is C16H14N4S. The normalized spacial score (nSPS) is 10.6. The SMILES string of the molecule is CSc1nnc(-c2cccnc2)c(-c2ccc(C)cc2)n1. The molecule has 0 aliphatic carbocycles. The van der Waals surface area contributed by atoms with Crippen molar-refractivity contribution < 1.29 is 0 Å². The maximum absolute atomic E-state index is 4.63. The van der Waals surface area contributed by atoms with Crippen LogP contribution in [0.2, 0.25) is 0 Å². The highest BCUT2D eigenvalue weighted by Crippen LogP contribution is 2.29. The Balaban J connectivity index is 2.18. The molecule has 2 aromatic heterocycles. The third-order valence-corrected chi connectivity index (χ3v) is 3.65. The summed E-state index contributed by atoms with van der Waals surface area (Å²) in [5.74, 6) is 0. The minimum atomic E-state index is 0.665. The van der Waals surface area contributed by atoms with E-state index in [0.29, 0.717) is 5.16 Å². The lowest BCUT2D eigenvalue weighted by atomic mass is 10.0. The molecule has 0 saturated heterocycles. The third-order valence-electron chi connectivity index (χ3n) is 3.11. The molecule has 0 unspecified atom stereocenters. The van der Waals surface area contributed by atoms with Crippen LogP contribution >= 0.6 is 11.8 Å². The van der Waals surface area contributed by atoms with E-state index >= 15 is 0 Å². The van der Waals surface area contributed by atoms with Crippen LogP contribution in [0.3, 0.4) is 0 Å². The van der Waals surface area contributed by atoms with Gasteiger partial charge in [0.05, 0.1) is 0 Å². The highest BCUT2D eigenvalue weighted by Gasteiger charge is 2.13. The highest BCUT2D eigenvalue weighted by atomic mass is 32.2. The van der Waals surface area contributed by atoms with Crippen molar-refractivity contribution in [2.45, 2.75) is 12.1 Å². The second-order valence-electron chi connectivity index (χ2n) is 4.60. The summed E-state index contributed by atoms with van der Waals surface area (Å²) in [6.45, 7) is 2.07. The molecule has 3 rings (SSSR count). The molecule has 0 aliphatic rings. The van der Waals surface area contributed by atoms with Gasteiger partial charge in [-0.05, 0) is 25.3 Å². The van der Waals surface area contributed by atoms with Gasteiger partial charge in [-0.15, -0.1) is 10.2 Å². The zero-order valence-corrected chi connectivity index (χ0v) is 12.6. The lowest BCUT2D eigenvalue weighted by Gasteiger charge is -2.08. The van der Waals surface area contributed by atoms with Gasteiger partial charge in [0.2, 0.25) is 5.16 Å². The number of benzene rings is 1. The number of thioether (sulfide) groups is 1. The van der Waals surface area contributed by atoms with Crippen LogP contribution in [0.4, 0.5) is 0 Å². The Hall–Kier alpha value is -2.27. The third kappa shape index (κ3) is 2.92. The van der Waals surface area contributed by atoms with E-state index in [1.165, 1.54) is 17.3 Å². The summed E-state index contributed by atoms with van der Waals surface area (Å²) in [6, 6.07) is 12.1. The van der Waals surface area contributed by atoms with Gasteiger partial charge in [0.1, 0.15) is 11.4 Å². The van der Waals surface area contributed by atoms with Crippen LogP contribution in [-0.4, -0.2) is 26.4 Å². The summed E-state index contributed by atoms with van der Waals surface area (Å²) in [5.41, 5.74) is 4.76. The first-order chi connectivity index (χ1) is 10.3. The molecule has 0 atom stereocenters. The van der Waals surface area contributed by atoms with Crippen molar-refractivity contribution >= 4 is 11.8 Å². The van der Waals surface area contributed by atoms with E-state index in [4.69, 9.17) is 0 Å². The van der Waals surface area contributed by atoms with E-state index in [9.17, 15) is 0 Å². The Kier molecular flexibility index (Phi) is 3.92. The lowest BCUT2D eigenvalue weighted by molar-refractivity contribution is 0.851. The molecular weight excluding hydrogens is 280 g/mol. The number of pyridine rings is 1. The average molecular weight is 294 g/mol. The molecule has 0 bridgehead atoms. The topological polar surface area (TPSA) is 51.6 Å². The molecule has 4 nitrogen and oxygen atoms in total. The molecule has 5 heteroatoms. The summed E-state index contributed by atoms with van der Waals surface area (Å²) >= 11 is 1.48. The molecule has 2 heterocycles. The first-order valence-corrected chi connectivity index (χ1v) is 7.76. The van der Waals surface area contributed by atoms with E-state index in [1.807, 2.05) is 18.4 Å². The van der Waals surface area contributed by atoms with Crippen molar-refractivity contribution in [2.24, 2.45) is 0 Å². The number of aromatic nitrogens is 4. The molecule has 0 fully saturated rings. The molecule has 0 radical (unpaired) electrons. The predicted octanol–water partition coefficient (Wildman–Crippen LogP) is 3.63. The maximum Gasteiger partial charge on any atom is 0.209 e. The van der Waals surface area contributed by atoms with Gasteiger partial charge in [-0.1, -0.05) is 41.6 Å². The fourth-order valence-electron chi connectivity index (χ4n) is 2.01. The molecule has 104 valence electrons. The van der Waals surface area contributed by atoms with Crippen molar-refractivity contribution in [2.75, 3.05) is 6.26 Å². The molecule has 3 aromatic rings. The van der Waals surface area contributed by atoms with Crippen LogP contribution in [0.25, 0.3) is 22.5 Å². The predicted molar refractivity (Wildman–Crippen MR) is 85.0 cm³/mol. The Morgan fingerprint density at radius 1 is 0.905 bits per heavy atom. The van der Waals surface area contributed by atoms with Gasteiger partial charge in [-0.2, -0.15) is 0 Å². The smallest absolute Gasteiger partial charge is 0.209 e. The Labute approximate surface area is 127 Å². The molecule has 0 spiro atoms. The first-order valence-electron chi connectivity index (χ1n) is 6.54. The van der Waals surface area contributed by atoms with Crippen LogP contribution in [0.15, 0.2) is 53.9 Å². The van der Waals surface area contributed by atoms with E-state index in [0.717, 1.165) is 22.5 Å². The summed E-state index contributed by atoms with van der Waals surface area (Å²) in [5, 5.41) is 9.16. The number of nitrogens with zero attached hydrogens (tertiary/aromatic N) is 4. The highest BCUT2D eigenvalue weighted by molar-refractivity contribution is 7.98. The Bertz CT molecular complexity index is 742. The van der Waals surface area contributed by atoms with Crippen LogP contribution in [0.1, 0.15) is 5.56 Å². The minimum Gasteiger partial charge on any atom is -0.264 e. The average Bonchev–Trinajstić information content (AvgIpc) is 2.56. The number of hydrogen-bond acceptors (Lipinski definition) is 5. The van der Waals surface area contributed by atoms with Crippen LogP contribution < -0.4 is 0 Å². The van der Waals surface area contributed by atoms with Gasteiger partial charge in [0, 0.05) is 23.5 Å². The minimum absolute atomic E-state index is 0.665. The van der Waals surface area contributed by atoms with Crippen molar-refractivity contribution in [3.8, 4) is 22.5 Å². The van der Waals surface area contributed by atoms with Gasteiger partial charge in [-0.25, -0.2) is 4.98 Å². The van der Waals surface area contributed by atoms with E-state index < -0.39 is 0 Å². The van der Waals surface area contributed by atoms with E-state index in [1.54, 1.807) is 12.4 Å². The summed E-state index contributed by atoms with van der Waals surface area (Å²) in [6.07, 6.45) is 5.47. The molecule has 0 aliphatic heterocycles. The quantitative estimate of drug-likeness (QED) is 0.690. The fraction of sp³-hybridized carbons (Fsp3) is 0.125. The van der Waals surface area contributed by atoms with Crippen LogP contribution in [0, 0.1) is 6.92 Å². The monoisotopic (exact) mass is 294 g/mol. The van der Waals surface area contributed by atoms with Gasteiger partial charge >= 0.3 is 0 Å². The standard InChI is InChI=1S/C16H14N4S/c1-11-5-7-12(8-6-11)14-15(13-4-3-9-17-10-13)19-20-16(18-14)21-2/h3-10H,1-2H3. The molecule has 1 aromatic carbocycles. The largest absolute Gasteiger partial charge is 0.264 e. The van der Waals surface area contributed by atoms with E-state index in [-0.39, 0.29) is 0 Å². The fourth-order valence-corrected chi connectivity index (χ4v) is 2.31.